The highest BCUT2D eigenvalue weighted by Crippen LogP contribution is 2.17. The second-order valence-corrected chi connectivity index (χ2v) is 6.73. The molecule has 1 aliphatic rings. The summed E-state index contributed by atoms with van der Waals surface area (Å²) in [5.41, 5.74) is 2.31. The number of likely N-dealkylation sites (tertiary alicyclic amines) is 1. The molecule has 2 aromatic rings. The lowest BCUT2D eigenvalue weighted by molar-refractivity contribution is 0.0998. The number of aliphatic hydroxyl groups is 1. The number of β-amino-alcohol motifs (C(OH)–C–C–N with tert-alkyl or cyclic N) is 1. The molecule has 6 heteroatoms. The first-order valence-corrected chi connectivity index (χ1v) is 8.76. The molecule has 0 amide bonds. The Hall–Kier alpha value is -1.76. The molecule has 3 rings (SSSR count). The number of rotatable bonds is 7. The average molecular weight is 329 g/mol. The van der Waals surface area contributed by atoms with Gasteiger partial charge in [-0.25, -0.2) is 9.67 Å². The van der Waals surface area contributed by atoms with Gasteiger partial charge in [0.05, 0.1) is 11.8 Å². The Kier molecular flexibility index (Phi) is 5.96. The third-order valence-corrected chi connectivity index (χ3v) is 4.61. The van der Waals surface area contributed by atoms with Crippen molar-refractivity contribution in [1.82, 2.24) is 25.0 Å². The van der Waals surface area contributed by atoms with E-state index >= 15 is 0 Å². The van der Waals surface area contributed by atoms with Gasteiger partial charge in [-0.3, -0.25) is 0 Å². The van der Waals surface area contributed by atoms with Crippen LogP contribution < -0.4 is 5.32 Å². The molecule has 2 N–H and O–H groups in total. The SMILES string of the molecule is C[C@H](O)CN1CCC(CNCc2ccc(-n3cncn3)cc2)CC1. The van der Waals surface area contributed by atoms with E-state index in [1.54, 1.807) is 17.3 Å². The maximum atomic E-state index is 9.46. The molecule has 2 heterocycles. The molecule has 130 valence electrons. The molecule has 6 nitrogen and oxygen atoms in total. The largest absolute Gasteiger partial charge is 0.392 e. The molecule has 0 radical (unpaired) electrons. The fourth-order valence-corrected chi connectivity index (χ4v) is 3.28. The van der Waals surface area contributed by atoms with Crippen molar-refractivity contribution >= 4 is 0 Å². The van der Waals surface area contributed by atoms with Crippen LogP contribution in [0.4, 0.5) is 0 Å². The predicted octanol–water partition coefficient (Wildman–Crippen LogP) is 1.45. The van der Waals surface area contributed by atoms with Gasteiger partial charge in [-0.05, 0) is 63.0 Å². The number of hydrogen-bond acceptors (Lipinski definition) is 5. The lowest BCUT2D eigenvalue weighted by Gasteiger charge is -2.32. The summed E-state index contributed by atoms with van der Waals surface area (Å²) in [5, 5.41) is 17.2. The van der Waals surface area contributed by atoms with Crippen LogP contribution in [-0.4, -0.2) is 57.1 Å². The van der Waals surface area contributed by atoms with E-state index in [1.165, 1.54) is 18.4 Å². The zero-order chi connectivity index (χ0) is 16.8. The summed E-state index contributed by atoms with van der Waals surface area (Å²) in [7, 11) is 0. The third kappa shape index (κ3) is 4.87. The number of nitrogens with one attached hydrogen (secondary N) is 1. The smallest absolute Gasteiger partial charge is 0.138 e. The zero-order valence-corrected chi connectivity index (χ0v) is 14.3. The van der Waals surface area contributed by atoms with Crippen LogP contribution >= 0.6 is 0 Å². The van der Waals surface area contributed by atoms with Crippen molar-refractivity contribution < 1.29 is 5.11 Å². The van der Waals surface area contributed by atoms with Crippen LogP contribution in [0.3, 0.4) is 0 Å². The molecule has 1 atom stereocenters. The van der Waals surface area contributed by atoms with E-state index in [1.807, 2.05) is 6.92 Å². The molecule has 1 aromatic carbocycles. The second-order valence-electron chi connectivity index (χ2n) is 6.73. The minimum atomic E-state index is -0.222. The lowest BCUT2D eigenvalue weighted by Crippen LogP contribution is -2.40. The lowest BCUT2D eigenvalue weighted by atomic mass is 9.96. The summed E-state index contributed by atoms with van der Waals surface area (Å²) in [5.74, 6) is 0.740. The van der Waals surface area contributed by atoms with E-state index in [2.05, 4.69) is 44.6 Å². The van der Waals surface area contributed by atoms with E-state index in [4.69, 9.17) is 0 Å². The minimum absolute atomic E-state index is 0.222. The molecule has 24 heavy (non-hydrogen) atoms. The van der Waals surface area contributed by atoms with Crippen molar-refractivity contribution in [1.29, 1.82) is 0 Å². The van der Waals surface area contributed by atoms with E-state index in [0.717, 1.165) is 44.3 Å². The maximum Gasteiger partial charge on any atom is 0.138 e. The minimum Gasteiger partial charge on any atom is -0.392 e. The molecule has 0 spiro atoms. The molecule has 0 bridgehead atoms. The summed E-state index contributed by atoms with van der Waals surface area (Å²) < 4.78 is 1.76. The molecule has 1 aliphatic heterocycles. The maximum absolute atomic E-state index is 9.46. The van der Waals surface area contributed by atoms with Gasteiger partial charge >= 0.3 is 0 Å². The molecule has 0 saturated carbocycles. The van der Waals surface area contributed by atoms with Crippen LogP contribution in [0.1, 0.15) is 25.3 Å². The molecular formula is C18H27N5O. The highest BCUT2D eigenvalue weighted by molar-refractivity contribution is 5.33. The van der Waals surface area contributed by atoms with Gasteiger partial charge in [0.15, 0.2) is 0 Å². The summed E-state index contributed by atoms with van der Waals surface area (Å²) in [6.07, 6.45) is 5.45. The van der Waals surface area contributed by atoms with Crippen LogP contribution in [0, 0.1) is 5.92 Å². The highest BCUT2D eigenvalue weighted by Gasteiger charge is 2.19. The van der Waals surface area contributed by atoms with E-state index in [0.29, 0.717) is 0 Å². The highest BCUT2D eigenvalue weighted by atomic mass is 16.3. The topological polar surface area (TPSA) is 66.2 Å². The van der Waals surface area contributed by atoms with Crippen LogP contribution in [0.2, 0.25) is 0 Å². The van der Waals surface area contributed by atoms with Crippen LogP contribution in [0.25, 0.3) is 5.69 Å². The van der Waals surface area contributed by atoms with Gasteiger partial charge in [-0.15, -0.1) is 0 Å². The summed E-state index contributed by atoms with van der Waals surface area (Å²) in [4.78, 5) is 6.33. The fraction of sp³-hybridized carbons (Fsp3) is 0.556. The van der Waals surface area contributed by atoms with Gasteiger partial charge in [0.1, 0.15) is 12.7 Å². The third-order valence-electron chi connectivity index (χ3n) is 4.61. The Morgan fingerprint density at radius 2 is 2.00 bits per heavy atom. The molecule has 1 aromatic heterocycles. The van der Waals surface area contributed by atoms with Gasteiger partial charge in [-0.2, -0.15) is 5.10 Å². The number of benzene rings is 1. The van der Waals surface area contributed by atoms with Crippen LogP contribution in [0.5, 0.6) is 0 Å². The molecular weight excluding hydrogens is 302 g/mol. The average Bonchev–Trinajstić information content (AvgIpc) is 3.11. The van der Waals surface area contributed by atoms with Crippen molar-refractivity contribution in [3.05, 3.63) is 42.5 Å². The Morgan fingerprint density at radius 3 is 2.62 bits per heavy atom. The quantitative estimate of drug-likeness (QED) is 0.805. The van der Waals surface area contributed by atoms with Gasteiger partial charge in [0.25, 0.3) is 0 Å². The number of hydrogen-bond donors (Lipinski definition) is 2. The number of aliphatic hydroxyl groups excluding tert-OH is 1. The van der Waals surface area contributed by atoms with Crippen LogP contribution in [0.15, 0.2) is 36.9 Å². The van der Waals surface area contributed by atoms with Crippen molar-refractivity contribution in [2.45, 2.75) is 32.4 Å². The van der Waals surface area contributed by atoms with E-state index < -0.39 is 0 Å². The summed E-state index contributed by atoms with van der Waals surface area (Å²) >= 11 is 0. The van der Waals surface area contributed by atoms with Gasteiger partial charge < -0.3 is 15.3 Å². The number of nitrogens with zero attached hydrogens (tertiary/aromatic N) is 4. The van der Waals surface area contributed by atoms with Gasteiger partial charge in [-0.1, -0.05) is 12.1 Å². The van der Waals surface area contributed by atoms with E-state index in [-0.39, 0.29) is 6.10 Å². The fourth-order valence-electron chi connectivity index (χ4n) is 3.28. The van der Waals surface area contributed by atoms with Crippen molar-refractivity contribution in [3.8, 4) is 5.69 Å². The standard InChI is InChI=1S/C18H27N5O/c1-15(24)12-22-8-6-17(7-9-22)11-19-10-16-2-4-18(5-3-16)23-14-20-13-21-23/h2-5,13-15,17,19,24H,6-12H2,1H3/t15-/m0/s1. The number of aromatic nitrogens is 3. The second kappa shape index (κ2) is 8.37. The monoisotopic (exact) mass is 329 g/mol. The Bertz CT molecular complexity index is 588. The van der Waals surface area contributed by atoms with Gasteiger partial charge in [0, 0.05) is 13.1 Å². The zero-order valence-electron chi connectivity index (χ0n) is 14.3. The first kappa shape index (κ1) is 17.1. The molecule has 0 unspecified atom stereocenters. The van der Waals surface area contributed by atoms with Gasteiger partial charge in [0.2, 0.25) is 0 Å². The normalized spacial score (nSPS) is 17.9. The molecule has 0 aliphatic carbocycles. The summed E-state index contributed by atoms with van der Waals surface area (Å²) in [6.45, 7) is 6.83. The van der Waals surface area contributed by atoms with E-state index in [9.17, 15) is 5.11 Å². The Labute approximate surface area is 143 Å². The van der Waals surface area contributed by atoms with Crippen molar-refractivity contribution in [2.24, 2.45) is 5.92 Å². The Balaban J connectivity index is 1.38. The first-order valence-electron chi connectivity index (χ1n) is 8.76. The van der Waals surface area contributed by atoms with Crippen LogP contribution in [-0.2, 0) is 6.54 Å². The predicted molar refractivity (Wildman–Crippen MR) is 93.9 cm³/mol. The van der Waals surface area contributed by atoms with Crippen molar-refractivity contribution in [2.75, 3.05) is 26.2 Å². The number of piperidine rings is 1. The molecule has 1 fully saturated rings. The molecule has 1 saturated heterocycles. The Morgan fingerprint density at radius 1 is 1.25 bits per heavy atom. The summed E-state index contributed by atoms with van der Waals surface area (Å²) in [6, 6.07) is 8.41. The van der Waals surface area contributed by atoms with Crippen molar-refractivity contribution in [3.63, 3.8) is 0 Å². The first-order chi connectivity index (χ1) is 11.7.